The zero-order valence-electron chi connectivity index (χ0n) is 20.8. The zero-order valence-corrected chi connectivity index (χ0v) is 20.8. The third-order valence-electron chi connectivity index (χ3n) is 6.16. The van der Waals surface area contributed by atoms with Crippen LogP contribution in [0.1, 0.15) is 49.1 Å². The molecule has 2 atom stereocenters. The maximum absolute atomic E-state index is 15.5. The highest BCUT2D eigenvalue weighted by Gasteiger charge is 2.39. The van der Waals surface area contributed by atoms with Crippen molar-refractivity contribution < 1.29 is 22.7 Å². The van der Waals surface area contributed by atoms with Crippen LogP contribution in [0.15, 0.2) is 36.4 Å². The van der Waals surface area contributed by atoms with Crippen molar-refractivity contribution in [1.29, 1.82) is 0 Å². The molecule has 0 radical (unpaired) electrons. The molecule has 2 aromatic carbocycles. The van der Waals surface area contributed by atoms with Crippen LogP contribution in [-0.4, -0.2) is 56.4 Å². The fraction of sp³-hybridized carbons (Fsp3) is 0.385. The highest BCUT2D eigenvalue weighted by atomic mass is 19.1. The van der Waals surface area contributed by atoms with Crippen LogP contribution in [0.25, 0.3) is 17.5 Å². The molecule has 2 heterocycles. The Kier molecular flexibility index (Phi) is 6.99. The Morgan fingerprint density at radius 3 is 2.50 bits per heavy atom. The van der Waals surface area contributed by atoms with E-state index in [0.29, 0.717) is 17.8 Å². The normalized spacial score (nSPS) is 18.4. The lowest BCUT2D eigenvalue weighted by Crippen LogP contribution is -2.48. The number of aromatic nitrogens is 4. The zero-order chi connectivity index (χ0) is 26.2. The van der Waals surface area contributed by atoms with Gasteiger partial charge in [0.15, 0.2) is 0 Å². The minimum atomic E-state index is -1.59. The van der Waals surface area contributed by atoms with Gasteiger partial charge in [0.1, 0.15) is 17.3 Å². The summed E-state index contributed by atoms with van der Waals surface area (Å²) in [4.78, 5) is 14.6. The van der Waals surface area contributed by atoms with Gasteiger partial charge in [0.2, 0.25) is 5.82 Å². The van der Waals surface area contributed by atoms with Gasteiger partial charge >= 0.3 is 5.97 Å². The van der Waals surface area contributed by atoms with E-state index < -0.39 is 29.3 Å². The highest BCUT2D eigenvalue weighted by molar-refractivity contribution is 5.86. The van der Waals surface area contributed by atoms with Gasteiger partial charge in [0.05, 0.1) is 20.2 Å². The number of hydrogen-bond acceptors (Lipinski definition) is 6. The number of halogens is 3. The average Bonchev–Trinajstić information content (AvgIpc) is 3.24. The summed E-state index contributed by atoms with van der Waals surface area (Å²) < 4.78 is 50.5. The monoisotopic (exact) mass is 499 g/mol. The van der Waals surface area contributed by atoms with Gasteiger partial charge in [-0.2, -0.15) is 4.80 Å². The van der Waals surface area contributed by atoms with Crippen LogP contribution in [0, 0.1) is 11.6 Å². The molecule has 0 saturated carbocycles. The molecule has 4 rings (SSSR count). The van der Waals surface area contributed by atoms with Gasteiger partial charge in [-0.05, 0) is 73.4 Å². The number of alkyl halides is 1. The van der Waals surface area contributed by atoms with Crippen LogP contribution in [0.3, 0.4) is 0 Å². The third kappa shape index (κ3) is 5.33. The first-order chi connectivity index (χ1) is 17.0. The van der Waals surface area contributed by atoms with E-state index in [1.807, 2.05) is 13.0 Å². The van der Waals surface area contributed by atoms with Crippen molar-refractivity contribution in [2.75, 3.05) is 13.7 Å². The first-order valence-electron chi connectivity index (χ1n) is 11.5. The summed E-state index contributed by atoms with van der Waals surface area (Å²) >= 11 is 0. The molecule has 190 valence electrons. The van der Waals surface area contributed by atoms with Crippen LogP contribution in [0.4, 0.5) is 13.2 Å². The van der Waals surface area contributed by atoms with E-state index in [0.717, 1.165) is 29.3 Å². The van der Waals surface area contributed by atoms with Crippen LogP contribution in [0.2, 0.25) is 0 Å². The number of nitrogens with zero attached hydrogens (tertiary/aromatic N) is 5. The summed E-state index contributed by atoms with van der Waals surface area (Å²) in [6.45, 7) is 4.79. The predicted octanol–water partition coefficient (Wildman–Crippen LogP) is 4.43. The van der Waals surface area contributed by atoms with Gasteiger partial charge in [-0.25, -0.2) is 18.0 Å². The largest absolute Gasteiger partial charge is 0.466 e. The Labute approximate surface area is 207 Å². The molecule has 0 N–H and O–H groups in total. The third-order valence-corrected chi connectivity index (χ3v) is 6.16. The number of ether oxygens (including phenoxy) is 1. The van der Waals surface area contributed by atoms with E-state index in [-0.39, 0.29) is 23.7 Å². The van der Waals surface area contributed by atoms with E-state index in [1.165, 1.54) is 31.8 Å². The van der Waals surface area contributed by atoms with Crippen LogP contribution in [0.5, 0.6) is 0 Å². The number of rotatable bonds is 6. The van der Waals surface area contributed by atoms with Gasteiger partial charge in [-0.3, -0.25) is 4.90 Å². The molecule has 7 nitrogen and oxygen atoms in total. The summed E-state index contributed by atoms with van der Waals surface area (Å²) in [6.07, 6.45) is 2.92. The number of tetrazole rings is 1. The van der Waals surface area contributed by atoms with Crippen molar-refractivity contribution in [3.8, 4) is 11.4 Å². The maximum atomic E-state index is 15.5. The van der Waals surface area contributed by atoms with Crippen LogP contribution < -0.4 is 0 Å². The minimum Gasteiger partial charge on any atom is -0.466 e. The molecule has 2 unspecified atom stereocenters. The van der Waals surface area contributed by atoms with Gasteiger partial charge in [-0.15, -0.1) is 10.2 Å². The van der Waals surface area contributed by atoms with Crippen LogP contribution >= 0.6 is 0 Å². The number of esters is 1. The number of carbonyl (C=O) groups is 1. The lowest BCUT2D eigenvalue weighted by molar-refractivity contribution is -0.134. The molecule has 0 aliphatic carbocycles. The van der Waals surface area contributed by atoms with Crippen LogP contribution in [-0.2, 0) is 23.0 Å². The van der Waals surface area contributed by atoms with Gasteiger partial charge < -0.3 is 4.74 Å². The lowest BCUT2D eigenvalue weighted by Gasteiger charge is -2.44. The Hall–Kier alpha value is -3.53. The second-order valence-electron chi connectivity index (χ2n) is 9.62. The molecule has 3 aromatic rings. The van der Waals surface area contributed by atoms with E-state index in [2.05, 4.69) is 20.1 Å². The summed E-state index contributed by atoms with van der Waals surface area (Å²) in [5.41, 5.74) is 0.692. The summed E-state index contributed by atoms with van der Waals surface area (Å²) in [5.74, 6) is -1.77. The SMILES string of the molecule is COC(=O)/C=C/c1cc(F)c(C2c3ccc(-c4nnn(C)n4)cc3CC(C)N2CC(C)(C)F)c(F)c1. The molecular weight excluding hydrogens is 471 g/mol. The minimum absolute atomic E-state index is 0.0192. The molecule has 0 saturated heterocycles. The molecule has 1 aromatic heterocycles. The summed E-state index contributed by atoms with van der Waals surface area (Å²) in [7, 11) is 2.88. The standard InChI is InChI=1S/C26H28F3N5O2/c1-15-10-18-13-17(25-30-32-33(4)31-25)7-8-19(18)24(34(15)14-26(2,3)29)23-20(27)11-16(12-21(23)28)6-9-22(35)36-5/h6-9,11-13,15,24H,10,14H2,1-5H3/b9-6+. The van der Waals surface area contributed by atoms with Crippen molar-refractivity contribution in [2.24, 2.45) is 7.05 Å². The Bertz CT molecular complexity index is 1290. The summed E-state index contributed by atoms with van der Waals surface area (Å²) in [5, 5.41) is 12.2. The van der Waals surface area contributed by atoms with Crippen molar-refractivity contribution >= 4 is 12.0 Å². The molecule has 1 aliphatic rings. The number of benzene rings is 2. The number of aryl methyl sites for hydroxylation is 1. The molecule has 10 heteroatoms. The van der Waals surface area contributed by atoms with Gasteiger partial charge in [0, 0.05) is 29.8 Å². The average molecular weight is 500 g/mol. The number of fused-ring (bicyclic) bond motifs is 1. The topological polar surface area (TPSA) is 73.1 Å². The first kappa shape index (κ1) is 25.6. The summed E-state index contributed by atoms with van der Waals surface area (Å²) in [6, 6.07) is 6.72. The second kappa shape index (κ2) is 9.85. The molecule has 0 bridgehead atoms. The van der Waals surface area contributed by atoms with Gasteiger partial charge in [-0.1, -0.05) is 12.1 Å². The Balaban J connectivity index is 1.84. The predicted molar refractivity (Wildman–Crippen MR) is 129 cm³/mol. The van der Waals surface area contributed by atoms with E-state index >= 15 is 8.78 Å². The van der Waals surface area contributed by atoms with Crippen molar-refractivity contribution in [2.45, 2.75) is 44.9 Å². The van der Waals surface area contributed by atoms with E-state index in [1.54, 1.807) is 24.1 Å². The Morgan fingerprint density at radius 2 is 1.92 bits per heavy atom. The Morgan fingerprint density at radius 1 is 1.22 bits per heavy atom. The molecule has 36 heavy (non-hydrogen) atoms. The van der Waals surface area contributed by atoms with Crippen molar-refractivity contribution in [3.63, 3.8) is 0 Å². The quantitative estimate of drug-likeness (QED) is 0.369. The molecule has 0 spiro atoms. The number of methoxy groups -OCH3 is 1. The van der Waals surface area contributed by atoms with E-state index in [9.17, 15) is 9.18 Å². The molecule has 0 fully saturated rings. The highest BCUT2D eigenvalue weighted by Crippen LogP contribution is 2.42. The molecular formula is C26H28F3N5O2. The molecule has 0 amide bonds. The first-order valence-corrected chi connectivity index (χ1v) is 11.5. The fourth-order valence-electron chi connectivity index (χ4n) is 4.65. The fourth-order valence-corrected chi connectivity index (χ4v) is 4.65. The van der Waals surface area contributed by atoms with Gasteiger partial charge in [0.25, 0.3) is 0 Å². The van der Waals surface area contributed by atoms with Crippen molar-refractivity contribution in [1.82, 2.24) is 25.1 Å². The van der Waals surface area contributed by atoms with E-state index in [4.69, 9.17) is 0 Å². The number of hydrogen-bond donors (Lipinski definition) is 0. The number of carbonyl (C=O) groups excluding carboxylic acids is 1. The smallest absolute Gasteiger partial charge is 0.330 e. The lowest BCUT2D eigenvalue weighted by atomic mass is 9.83. The second-order valence-corrected chi connectivity index (χ2v) is 9.62. The maximum Gasteiger partial charge on any atom is 0.330 e. The van der Waals surface area contributed by atoms with Crippen molar-refractivity contribution in [3.05, 3.63) is 70.3 Å². The molecule has 1 aliphatic heterocycles.